The van der Waals surface area contributed by atoms with Crippen LogP contribution in [0.4, 0.5) is 0 Å². The lowest BCUT2D eigenvalue weighted by molar-refractivity contribution is -0.121. The van der Waals surface area contributed by atoms with E-state index in [1.807, 2.05) is 25.1 Å². The molecule has 2 aromatic carbocycles. The van der Waals surface area contributed by atoms with Crippen molar-refractivity contribution in [3.8, 4) is 11.5 Å². The van der Waals surface area contributed by atoms with Crippen LogP contribution in [0, 0.1) is 0 Å². The molecule has 0 saturated heterocycles. The summed E-state index contributed by atoms with van der Waals surface area (Å²) in [6.45, 7) is 1.85. The number of rotatable bonds is 5. The van der Waals surface area contributed by atoms with Crippen LogP contribution >= 0.6 is 23.4 Å². The molecule has 0 saturated carbocycles. The van der Waals surface area contributed by atoms with E-state index in [1.165, 1.54) is 22.9 Å². The van der Waals surface area contributed by atoms with Crippen molar-refractivity contribution in [2.75, 3.05) is 0 Å². The van der Waals surface area contributed by atoms with Crippen molar-refractivity contribution in [3.63, 3.8) is 0 Å². The zero-order chi connectivity index (χ0) is 19.5. The minimum absolute atomic E-state index is 0.0331. The highest BCUT2D eigenvalue weighted by molar-refractivity contribution is 8.00. The number of fused-ring (bicyclic) bond motifs is 1. The first-order valence-corrected chi connectivity index (χ1v) is 10.5. The molecular formula is C21H20ClN3O2S. The monoisotopic (exact) mass is 413 g/mol. The third kappa shape index (κ3) is 4.23. The first kappa shape index (κ1) is 19.0. The molecule has 1 amide bonds. The molecule has 0 bridgehead atoms. The van der Waals surface area contributed by atoms with Gasteiger partial charge in [-0.3, -0.25) is 4.79 Å². The number of hydrogen-bond donors (Lipinski definition) is 1. The van der Waals surface area contributed by atoms with Gasteiger partial charge in [-0.15, -0.1) is 10.2 Å². The number of carbonyl (C=O) groups is 1. The van der Waals surface area contributed by atoms with Crippen LogP contribution in [-0.4, -0.2) is 21.4 Å². The van der Waals surface area contributed by atoms with Gasteiger partial charge in [0.05, 0.1) is 11.3 Å². The zero-order valence-electron chi connectivity index (χ0n) is 15.4. The first-order chi connectivity index (χ1) is 13.6. The number of hydrogen-bond acceptors (Lipinski definition) is 5. The van der Waals surface area contributed by atoms with Crippen molar-refractivity contribution in [3.05, 3.63) is 64.7 Å². The summed E-state index contributed by atoms with van der Waals surface area (Å²) in [6, 6.07) is 15.6. The molecule has 2 unspecified atom stereocenters. The summed E-state index contributed by atoms with van der Waals surface area (Å²) in [5.74, 6) is 0.355. The average molecular weight is 414 g/mol. The van der Waals surface area contributed by atoms with Gasteiger partial charge in [0.2, 0.25) is 11.8 Å². The van der Waals surface area contributed by atoms with Gasteiger partial charge in [-0.1, -0.05) is 53.7 Å². The van der Waals surface area contributed by atoms with Gasteiger partial charge >= 0.3 is 0 Å². The van der Waals surface area contributed by atoms with Gasteiger partial charge in [-0.25, -0.2) is 0 Å². The Bertz CT molecular complexity index is 991. The molecule has 4 rings (SSSR count). The highest BCUT2D eigenvalue weighted by Gasteiger charge is 2.25. The topological polar surface area (TPSA) is 68.0 Å². The molecule has 0 radical (unpaired) electrons. The third-order valence-electron chi connectivity index (χ3n) is 4.81. The Labute approximate surface area is 172 Å². The summed E-state index contributed by atoms with van der Waals surface area (Å²) in [5, 5.41) is 11.9. The maximum absolute atomic E-state index is 12.7. The Kier molecular flexibility index (Phi) is 5.69. The number of nitrogens with zero attached hydrogens (tertiary/aromatic N) is 2. The lowest BCUT2D eigenvalue weighted by atomic mass is 9.88. The highest BCUT2D eigenvalue weighted by atomic mass is 35.5. The summed E-state index contributed by atoms with van der Waals surface area (Å²) in [6.07, 6.45) is 3.11. The maximum Gasteiger partial charge on any atom is 0.277 e. The van der Waals surface area contributed by atoms with Crippen LogP contribution < -0.4 is 5.32 Å². The minimum Gasteiger partial charge on any atom is -0.411 e. The molecule has 144 valence electrons. The van der Waals surface area contributed by atoms with Crippen LogP contribution in [0.1, 0.15) is 36.9 Å². The number of thioether (sulfide) groups is 1. The normalized spacial score (nSPS) is 17.0. The van der Waals surface area contributed by atoms with E-state index in [9.17, 15) is 4.79 Å². The molecule has 1 aromatic heterocycles. The number of aromatic nitrogens is 2. The fourth-order valence-corrected chi connectivity index (χ4v) is 4.28. The molecule has 0 fully saturated rings. The average Bonchev–Trinajstić information content (AvgIpc) is 3.17. The molecule has 0 aliphatic heterocycles. The molecular weight excluding hydrogens is 394 g/mol. The second kappa shape index (κ2) is 8.37. The first-order valence-electron chi connectivity index (χ1n) is 9.24. The van der Waals surface area contributed by atoms with Crippen molar-refractivity contribution in [2.24, 2.45) is 0 Å². The van der Waals surface area contributed by atoms with Crippen molar-refractivity contribution >= 4 is 29.3 Å². The zero-order valence-corrected chi connectivity index (χ0v) is 17.0. The molecule has 1 heterocycles. The standard InChI is InChI=1S/C21H20ClN3O2S/c1-13(19(26)23-18-11-5-7-14-6-2-3-10-17(14)18)28-21-25-24-20(27-21)15-8-4-9-16(22)12-15/h2-4,6,8-10,12-13,18H,5,7,11H2,1H3,(H,23,26). The fraction of sp³-hybridized carbons (Fsp3) is 0.286. The summed E-state index contributed by atoms with van der Waals surface area (Å²) in [7, 11) is 0. The van der Waals surface area contributed by atoms with Crippen LogP contribution in [0.5, 0.6) is 0 Å². The van der Waals surface area contributed by atoms with Gasteiger partial charge in [0.25, 0.3) is 5.22 Å². The molecule has 1 aliphatic carbocycles. The molecule has 0 spiro atoms. The Morgan fingerprint density at radius 1 is 1.25 bits per heavy atom. The molecule has 5 nitrogen and oxygen atoms in total. The predicted molar refractivity (Wildman–Crippen MR) is 110 cm³/mol. The maximum atomic E-state index is 12.7. The van der Waals surface area contributed by atoms with E-state index in [2.05, 4.69) is 33.7 Å². The van der Waals surface area contributed by atoms with Crippen LogP contribution in [0.2, 0.25) is 5.02 Å². The second-order valence-corrected chi connectivity index (χ2v) is 8.52. The summed E-state index contributed by atoms with van der Waals surface area (Å²) in [4.78, 5) is 12.7. The van der Waals surface area contributed by atoms with Gasteiger partial charge in [0.1, 0.15) is 0 Å². The smallest absolute Gasteiger partial charge is 0.277 e. The van der Waals surface area contributed by atoms with E-state index in [-0.39, 0.29) is 17.2 Å². The molecule has 2 atom stereocenters. The molecule has 7 heteroatoms. The Morgan fingerprint density at radius 2 is 2.11 bits per heavy atom. The summed E-state index contributed by atoms with van der Waals surface area (Å²) in [5.41, 5.74) is 3.30. The van der Waals surface area contributed by atoms with E-state index in [4.69, 9.17) is 16.0 Å². The number of carbonyl (C=O) groups excluding carboxylic acids is 1. The third-order valence-corrected chi connectivity index (χ3v) is 5.98. The van der Waals surface area contributed by atoms with E-state index >= 15 is 0 Å². The minimum atomic E-state index is -0.346. The van der Waals surface area contributed by atoms with Gasteiger partial charge in [-0.2, -0.15) is 0 Å². The quantitative estimate of drug-likeness (QED) is 0.592. The molecule has 28 heavy (non-hydrogen) atoms. The molecule has 1 N–H and O–H groups in total. The Balaban J connectivity index is 1.40. The Hall–Kier alpha value is -2.31. The van der Waals surface area contributed by atoms with Crippen LogP contribution in [0.25, 0.3) is 11.5 Å². The number of halogens is 1. The summed E-state index contributed by atoms with van der Waals surface area (Å²) < 4.78 is 5.69. The van der Waals surface area contributed by atoms with E-state index in [0.29, 0.717) is 16.1 Å². The van der Waals surface area contributed by atoms with Gasteiger partial charge in [0.15, 0.2) is 0 Å². The summed E-state index contributed by atoms with van der Waals surface area (Å²) >= 11 is 7.26. The van der Waals surface area contributed by atoms with Gasteiger partial charge in [0, 0.05) is 10.6 Å². The SMILES string of the molecule is CC(Sc1nnc(-c2cccc(Cl)c2)o1)C(=O)NC1CCCc2ccccc21. The van der Waals surface area contributed by atoms with Crippen molar-refractivity contribution < 1.29 is 9.21 Å². The number of nitrogens with one attached hydrogen (secondary N) is 1. The van der Waals surface area contributed by atoms with Crippen LogP contribution in [0.15, 0.2) is 58.2 Å². The van der Waals surface area contributed by atoms with E-state index < -0.39 is 0 Å². The van der Waals surface area contributed by atoms with Crippen molar-refractivity contribution in [1.82, 2.24) is 15.5 Å². The molecule has 3 aromatic rings. The second-order valence-electron chi connectivity index (χ2n) is 6.80. The van der Waals surface area contributed by atoms with E-state index in [0.717, 1.165) is 24.8 Å². The van der Waals surface area contributed by atoms with Gasteiger partial charge < -0.3 is 9.73 Å². The highest BCUT2D eigenvalue weighted by Crippen LogP contribution is 2.31. The number of aryl methyl sites for hydroxylation is 1. The predicted octanol–water partition coefficient (Wildman–Crippen LogP) is 5.06. The van der Waals surface area contributed by atoms with Crippen molar-refractivity contribution in [1.29, 1.82) is 0 Å². The fourth-order valence-electron chi connectivity index (χ4n) is 3.39. The van der Waals surface area contributed by atoms with Gasteiger partial charge in [-0.05, 0) is 55.5 Å². The van der Waals surface area contributed by atoms with Crippen LogP contribution in [0.3, 0.4) is 0 Å². The number of amides is 1. The molecule has 1 aliphatic rings. The van der Waals surface area contributed by atoms with E-state index in [1.54, 1.807) is 12.1 Å². The largest absolute Gasteiger partial charge is 0.411 e. The lowest BCUT2D eigenvalue weighted by Crippen LogP contribution is -2.35. The lowest BCUT2D eigenvalue weighted by Gasteiger charge is -2.27. The Morgan fingerprint density at radius 3 is 2.96 bits per heavy atom. The number of benzene rings is 2. The van der Waals surface area contributed by atoms with Crippen LogP contribution in [-0.2, 0) is 11.2 Å². The van der Waals surface area contributed by atoms with Crippen molar-refractivity contribution in [2.45, 2.75) is 42.7 Å².